The largest absolute Gasteiger partial charge is 0.497 e. The van der Waals surface area contributed by atoms with Gasteiger partial charge in [0.25, 0.3) is 5.91 Å². The van der Waals surface area contributed by atoms with Crippen LogP contribution in [0.4, 0.5) is 0 Å². The van der Waals surface area contributed by atoms with Crippen LogP contribution >= 0.6 is 0 Å². The molecule has 4 heteroatoms. The lowest BCUT2D eigenvalue weighted by molar-refractivity contribution is 0.0553. The minimum Gasteiger partial charge on any atom is -0.497 e. The van der Waals surface area contributed by atoms with Gasteiger partial charge in [-0.3, -0.25) is 4.79 Å². The normalized spacial score (nSPS) is 13.2. The van der Waals surface area contributed by atoms with Crippen molar-refractivity contribution < 1.29 is 14.6 Å². The van der Waals surface area contributed by atoms with E-state index in [1.807, 2.05) is 60.7 Å². The molecular formula is C22H23NO3. The van der Waals surface area contributed by atoms with E-state index in [1.54, 1.807) is 20.1 Å². The first-order valence-electron chi connectivity index (χ1n) is 8.60. The van der Waals surface area contributed by atoms with Crippen molar-refractivity contribution in [2.75, 3.05) is 13.7 Å². The van der Waals surface area contributed by atoms with E-state index in [2.05, 4.69) is 5.32 Å². The Morgan fingerprint density at radius 2 is 1.73 bits per heavy atom. The Labute approximate surface area is 153 Å². The van der Waals surface area contributed by atoms with Gasteiger partial charge in [0, 0.05) is 18.5 Å². The highest BCUT2D eigenvalue weighted by atomic mass is 16.5. The lowest BCUT2D eigenvalue weighted by Crippen LogP contribution is -2.42. The third-order valence-electron chi connectivity index (χ3n) is 4.41. The molecule has 0 fully saturated rings. The number of amides is 1. The summed E-state index contributed by atoms with van der Waals surface area (Å²) in [5.74, 6) is 0.592. The Kier molecular flexibility index (Phi) is 5.24. The molecule has 1 atom stereocenters. The van der Waals surface area contributed by atoms with Crippen molar-refractivity contribution in [2.24, 2.45) is 0 Å². The van der Waals surface area contributed by atoms with Gasteiger partial charge >= 0.3 is 0 Å². The molecule has 3 aromatic carbocycles. The molecule has 0 unspecified atom stereocenters. The maximum absolute atomic E-state index is 12.6. The third kappa shape index (κ3) is 4.21. The maximum Gasteiger partial charge on any atom is 0.252 e. The number of nitrogens with one attached hydrogen (secondary N) is 1. The molecule has 4 nitrogen and oxygen atoms in total. The highest BCUT2D eigenvalue weighted by molar-refractivity contribution is 6.07. The molecule has 0 saturated carbocycles. The molecule has 0 spiro atoms. The van der Waals surface area contributed by atoms with E-state index in [9.17, 15) is 9.90 Å². The predicted octanol–water partition coefficient (Wildman–Crippen LogP) is 3.57. The summed E-state index contributed by atoms with van der Waals surface area (Å²) in [7, 11) is 1.62. The molecule has 134 valence electrons. The SMILES string of the molecule is COc1ccc(C[C@](C)(O)CNC(=O)c2cccc3ccccc23)cc1. The van der Waals surface area contributed by atoms with Crippen molar-refractivity contribution in [3.8, 4) is 5.75 Å². The summed E-state index contributed by atoms with van der Waals surface area (Å²) in [5, 5.41) is 15.4. The number of benzene rings is 3. The van der Waals surface area contributed by atoms with Gasteiger partial charge < -0.3 is 15.2 Å². The van der Waals surface area contributed by atoms with Crippen LogP contribution in [-0.4, -0.2) is 30.3 Å². The van der Waals surface area contributed by atoms with Crippen molar-refractivity contribution in [3.63, 3.8) is 0 Å². The standard InChI is InChI=1S/C22H23NO3/c1-22(25,14-16-10-12-18(26-2)13-11-16)15-23-21(24)20-9-5-7-17-6-3-4-8-19(17)20/h3-13,25H,14-15H2,1-2H3,(H,23,24)/t22-/m0/s1. The molecule has 0 radical (unpaired) electrons. The summed E-state index contributed by atoms with van der Waals surface area (Å²) in [5.41, 5.74) is 0.549. The zero-order valence-electron chi connectivity index (χ0n) is 15.0. The number of fused-ring (bicyclic) bond motifs is 1. The maximum atomic E-state index is 12.6. The second-order valence-corrected chi connectivity index (χ2v) is 6.73. The van der Waals surface area contributed by atoms with E-state index in [0.717, 1.165) is 22.1 Å². The van der Waals surface area contributed by atoms with Crippen LogP contribution < -0.4 is 10.1 Å². The van der Waals surface area contributed by atoms with Gasteiger partial charge in [-0.05, 0) is 41.5 Å². The molecule has 3 rings (SSSR count). The Morgan fingerprint density at radius 3 is 2.46 bits per heavy atom. The molecule has 0 aliphatic heterocycles. The van der Waals surface area contributed by atoms with Gasteiger partial charge in [-0.1, -0.05) is 48.5 Å². The number of rotatable bonds is 6. The molecular weight excluding hydrogens is 326 g/mol. The third-order valence-corrected chi connectivity index (χ3v) is 4.41. The van der Waals surface area contributed by atoms with E-state index in [0.29, 0.717) is 12.0 Å². The molecule has 0 saturated heterocycles. The van der Waals surface area contributed by atoms with Crippen molar-refractivity contribution in [1.82, 2.24) is 5.32 Å². The second-order valence-electron chi connectivity index (χ2n) is 6.73. The summed E-state index contributed by atoms with van der Waals surface area (Å²) in [6.45, 7) is 1.89. The highest BCUT2D eigenvalue weighted by Gasteiger charge is 2.22. The van der Waals surface area contributed by atoms with Crippen LogP contribution in [0.1, 0.15) is 22.8 Å². The van der Waals surface area contributed by atoms with E-state index >= 15 is 0 Å². The molecule has 0 aliphatic carbocycles. The molecule has 1 amide bonds. The summed E-state index contributed by atoms with van der Waals surface area (Å²) in [6.07, 6.45) is 0.437. The van der Waals surface area contributed by atoms with Gasteiger partial charge in [-0.2, -0.15) is 0 Å². The average molecular weight is 349 g/mol. The first-order chi connectivity index (χ1) is 12.5. The Morgan fingerprint density at radius 1 is 1.04 bits per heavy atom. The van der Waals surface area contributed by atoms with E-state index in [-0.39, 0.29) is 12.5 Å². The highest BCUT2D eigenvalue weighted by Crippen LogP contribution is 2.19. The Bertz CT molecular complexity index is 895. The van der Waals surface area contributed by atoms with Crippen molar-refractivity contribution in [1.29, 1.82) is 0 Å². The van der Waals surface area contributed by atoms with Crippen LogP contribution in [0.25, 0.3) is 10.8 Å². The van der Waals surface area contributed by atoms with Crippen molar-refractivity contribution in [3.05, 3.63) is 77.9 Å². The fourth-order valence-corrected chi connectivity index (χ4v) is 3.03. The van der Waals surface area contributed by atoms with Crippen molar-refractivity contribution >= 4 is 16.7 Å². The number of carbonyl (C=O) groups excluding carboxylic acids is 1. The Balaban J connectivity index is 1.67. The first kappa shape index (κ1) is 18.0. The monoisotopic (exact) mass is 349 g/mol. The molecule has 0 bridgehead atoms. The minimum atomic E-state index is -1.05. The number of hydrogen-bond acceptors (Lipinski definition) is 3. The summed E-state index contributed by atoms with van der Waals surface area (Å²) in [6, 6.07) is 21.0. The van der Waals surface area contributed by atoms with Crippen LogP contribution in [-0.2, 0) is 6.42 Å². The fraction of sp³-hybridized carbons (Fsp3) is 0.227. The zero-order valence-corrected chi connectivity index (χ0v) is 15.0. The fourth-order valence-electron chi connectivity index (χ4n) is 3.03. The zero-order chi connectivity index (χ0) is 18.6. The van der Waals surface area contributed by atoms with E-state index < -0.39 is 5.60 Å². The van der Waals surface area contributed by atoms with Gasteiger partial charge in [-0.15, -0.1) is 0 Å². The minimum absolute atomic E-state index is 0.168. The van der Waals surface area contributed by atoms with E-state index in [1.165, 1.54) is 0 Å². The van der Waals surface area contributed by atoms with Gasteiger partial charge in [0.15, 0.2) is 0 Å². The van der Waals surface area contributed by atoms with Crippen molar-refractivity contribution in [2.45, 2.75) is 18.9 Å². The van der Waals surface area contributed by atoms with Crippen LogP contribution in [0, 0.1) is 0 Å². The Hall–Kier alpha value is -2.85. The molecule has 0 aromatic heterocycles. The second kappa shape index (κ2) is 7.58. The van der Waals surface area contributed by atoms with Gasteiger partial charge in [0.1, 0.15) is 5.75 Å². The lowest BCUT2D eigenvalue weighted by atomic mass is 9.96. The van der Waals surface area contributed by atoms with Gasteiger partial charge in [0.2, 0.25) is 0 Å². The van der Waals surface area contributed by atoms with E-state index in [4.69, 9.17) is 4.74 Å². The summed E-state index contributed by atoms with van der Waals surface area (Å²) < 4.78 is 5.14. The average Bonchev–Trinajstić information content (AvgIpc) is 2.66. The number of ether oxygens (including phenoxy) is 1. The first-order valence-corrected chi connectivity index (χ1v) is 8.60. The number of carbonyl (C=O) groups is 1. The van der Waals surface area contributed by atoms with Crippen LogP contribution in [0.5, 0.6) is 5.75 Å². The number of aliphatic hydroxyl groups is 1. The number of hydrogen-bond donors (Lipinski definition) is 2. The van der Waals surface area contributed by atoms with Crippen LogP contribution in [0.15, 0.2) is 66.7 Å². The van der Waals surface area contributed by atoms with Gasteiger partial charge in [-0.25, -0.2) is 0 Å². The quantitative estimate of drug-likeness (QED) is 0.715. The molecule has 26 heavy (non-hydrogen) atoms. The summed E-state index contributed by atoms with van der Waals surface area (Å²) >= 11 is 0. The summed E-state index contributed by atoms with van der Waals surface area (Å²) in [4.78, 5) is 12.6. The smallest absolute Gasteiger partial charge is 0.252 e. The van der Waals surface area contributed by atoms with Crippen LogP contribution in [0.2, 0.25) is 0 Å². The number of methoxy groups -OCH3 is 1. The topological polar surface area (TPSA) is 58.6 Å². The van der Waals surface area contributed by atoms with Gasteiger partial charge in [0.05, 0.1) is 12.7 Å². The molecule has 0 aliphatic rings. The molecule has 0 heterocycles. The lowest BCUT2D eigenvalue weighted by Gasteiger charge is -2.24. The molecule has 3 aromatic rings. The van der Waals surface area contributed by atoms with Crippen LogP contribution in [0.3, 0.4) is 0 Å². The predicted molar refractivity (Wildman–Crippen MR) is 104 cm³/mol. The molecule has 2 N–H and O–H groups in total.